The van der Waals surface area contributed by atoms with Gasteiger partial charge in [0.25, 0.3) is 0 Å². The number of imidazole rings is 1. The average Bonchev–Trinajstić information content (AvgIpc) is 3.13. The molecule has 0 aliphatic carbocycles. The maximum atomic E-state index is 5.85. The molecule has 0 unspecified atom stereocenters. The Morgan fingerprint density at radius 1 is 1.07 bits per heavy atom. The maximum Gasteiger partial charge on any atom is 0.247 e. The lowest BCUT2D eigenvalue weighted by atomic mass is 10.2. The molecule has 1 N–H and O–H groups in total. The number of rotatable bonds is 8. The van der Waals surface area contributed by atoms with Crippen molar-refractivity contribution >= 4 is 33.7 Å². The summed E-state index contributed by atoms with van der Waals surface area (Å²) in [6.07, 6.45) is 6.68. The lowest BCUT2D eigenvalue weighted by Crippen LogP contribution is -2.05. The number of nitrogens with one attached hydrogen (secondary N) is 1. The molecule has 0 saturated carbocycles. The van der Waals surface area contributed by atoms with Gasteiger partial charge in [0.05, 0.1) is 30.3 Å². The quantitative estimate of drug-likeness (QED) is 0.480. The molecule has 0 radical (unpaired) electrons. The first-order valence-corrected chi connectivity index (χ1v) is 9.76. The molecule has 28 heavy (non-hydrogen) atoms. The van der Waals surface area contributed by atoms with Gasteiger partial charge < -0.3 is 14.6 Å². The zero-order valence-corrected chi connectivity index (χ0v) is 16.2. The largest absolute Gasteiger partial charge is 0.476 e. The van der Waals surface area contributed by atoms with Crippen LogP contribution in [0, 0.1) is 0 Å². The molecular formula is C21H24N6O. The van der Waals surface area contributed by atoms with Crippen LogP contribution in [0.4, 0.5) is 11.6 Å². The van der Waals surface area contributed by atoms with Gasteiger partial charge in [0.1, 0.15) is 0 Å². The maximum absolute atomic E-state index is 5.85. The average molecular weight is 376 g/mol. The Morgan fingerprint density at radius 3 is 2.82 bits per heavy atom. The number of aromatic nitrogens is 5. The minimum atomic E-state index is 0.480. The monoisotopic (exact) mass is 376 g/mol. The summed E-state index contributed by atoms with van der Waals surface area (Å²) in [6, 6.07) is 10.0. The first-order chi connectivity index (χ1) is 13.8. The van der Waals surface area contributed by atoms with Crippen molar-refractivity contribution in [2.75, 3.05) is 11.9 Å². The zero-order valence-electron chi connectivity index (χ0n) is 16.2. The van der Waals surface area contributed by atoms with Crippen molar-refractivity contribution in [2.24, 2.45) is 0 Å². The number of ether oxygens (including phenoxy) is 1. The number of benzene rings is 1. The fraction of sp³-hybridized carbons (Fsp3) is 0.333. The van der Waals surface area contributed by atoms with E-state index < -0.39 is 0 Å². The molecule has 144 valence electrons. The molecule has 0 bridgehead atoms. The molecule has 4 rings (SSSR count). The Morgan fingerprint density at radius 2 is 1.96 bits per heavy atom. The molecule has 3 aromatic heterocycles. The number of unbranched alkanes of at least 4 members (excludes halogenated alkanes) is 1. The number of anilines is 2. The highest BCUT2D eigenvalue weighted by Gasteiger charge is 2.15. The van der Waals surface area contributed by atoms with Crippen molar-refractivity contribution in [1.29, 1.82) is 0 Å². The molecule has 1 aromatic carbocycles. The van der Waals surface area contributed by atoms with E-state index in [9.17, 15) is 0 Å². The standard InChI is InChI=1S/C21H24N6O/c1-3-5-10-27-14-23-18-19(27)25-21(26-20(18)28-11-4-2)24-16-12-15-8-6-7-9-17(15)22-13-16/h6-9,12-14H,3-5,10-11H2,1-2H3,(H,24,25,26). The predicted molar refractivity (Wildman–Crippen MR) is 111 cm³/mol. The van der Waals surface area contributed by atoms with Crippen molar-refractivity contribution in [2.45, 2.75) is 39.7 Å². The van der Waals surface area contributed by atoms with Crippen molar-refractivity contribution in [1.82, 2.24) is 24.5 Å². The van der Waals surface area contributed by atoms with Crippen LogP contribution in [0.3, 0.4) is 0 Å². The molecule has 3 heterocycles. The third kappa shape index (κ3) is 3.74. The SMILES string of the molecule is CCCCn1cnc2c(OCCC)nc(Nc3cnc4ccccc4c3)nc21. The van der Waals surface area contributed by atoms with E-state index in [2.05, 4.69) is 38.7 Å². The van der Waals surface area contributed by atoms with Gasteiger partial charge in [-0.1, -0.05) is 38.5 Å². The van der Waals surface area contributed by atoms with Crippen molar-refractivity contribution < 1.29 is 4.74 Å². The van der Waals surface area contributed by atoms with Gasteiger partial charge in [0.15, 0.2) is 11.2 Å². The highest BCUT2D eigenvalue weighted by molar-refractivity contribution is 5.83. The van der Waals surface area contributed by atoms with E-state index in [0.29, 0.717) is 24.0 Å². The van der Waals surface area contributed by atoms with Crippen LogP contribution in [0.2, 0.25) is 0 Å². The number of aryl methyl sites for hydroxylation is 1. The molecule has 0 spiro atoms. The second-order valence-corrected chi connectivity index (χ2v) is 6.71. The van der Waals surface area contributed by atoms with Crippen molar-refractivity contribution in [3.63, 3.8) is 0 Å². The summed E-state index contributed by atoms with van der Waals surface area (Å²) in [7, 11) is 0. The molecule has 0 amide bonds. The molecule has 4 aromatic rings. The minimum absolute atomic E-state index is 0.480. The first-order valence-electron chi connectivity index (χ1n) is 9.76. The fourth-order valence-electron chi connectivity index (χ4n) is 3.03. The van der Waals surface area contributed by atoms with Crippen molar-refractivity contribution in [3.05, 3.63) is 42.9 Å². The van der Waals surface area contributed by atoms with Crippen LogP contribution in [0.1, 0.15) is 33.1 Å². The van der Waals surface area contributed by atoms with Crippen LogP contribution < -0.4 is 10.1 Å². The van der Waals surface area contributed by atoms with E-state index in [1.54, 1.807) is 6.20 Å². The molecule has 0 atom stereocenters. The summed E-state index contributed by atoms with van der Waals surface area (Å²) in [5.74, 6) is 0.993. The van der Waals surface area contributed by atoms with Gasteiger partial charge in [-0.3, -0.25) is 4.98 Å². The third-order valence-corrected chi connectivity index (χ3v) is 4.47. The van der Waals surface area contributed by atoms with Gasteiger partial charge in [0, 0.05) is 11.9 Å². The van der Waals surface area contributed by atoms with E-state index >= 15 is 0 Å². The van der Waals surface area contributed by atoms with Crippen LogP contribution in [-0.2, 0) is 6.54 Å². The number of para-hydroxylation sites is 1. The van der Waals surface area contributed by atoms with E-state index in [-0.39, 0.29) is 0 Å². The summed E-state index contributed by atoms with van der Waals surface area (Å²) < 4.78 is 7.91. The number of pyridine rings is 1. The molecule has 0 aliphatic heterocycles. The van der Waals surface area contributed by atoms with Gasteiger partial charge in [0.2, 0.25) is 11.8 Å². The van der Waals surface area contributed by atoms with Crippen LogP contribution in [0.25, 0.3) is 22.1 Å². The summed E-state index contributed by atoms with van der Waals surface area (Å²) in [4.78, 5) is 18.2. The van der Waals surface area contributed by atoms with E-state index in [4.69, 9.17) is 9.72 Å². The molecule has 7 nitrogen and oxygen atoms in total. The molecule has 0 fully saturated rings. The van der Waals surface area contributed by atoms with Crippen LogP contribution >= 0.6 is 0 Å². The molecule has 0 aliphatic rings. The van der Waals surface area contributed by atoms with Crippen LogP contribution in [-0.4, -0.2) is 31.1 Å². The first kappa shape index (κ1) is 18.2. The molecule has 0 saturated heterocycles. The Kier molecular flexibility index (Phi) is 5.32. The second-order valence-electron chi connectivity index (χ2n) is 6.71. The predicted octanol–water partition coefficient (Wildman–Crippen LogP) is 4.71. The number of hydrogen-bond acceptors (Lipinski definition) is 6. The zero-order chi connectivity index (χ0) is 19.3. The lowest BCUT2D eigenvalue weighted by molar-refractivity contribution is 0.309. The van der Waals surface area contributed by atoms with Gasteiger partial charge >= 0.3 is 0 Å². The summed E-state index contributed by atoms with van der Waals surface area (Å²) in [5.41, 5.74) is 3.27. The van der Waals surface area contributed by atoms with Gasteiger partial charge in [-0.05, 0) is 25.0 Å². The highest BCUT2D eigenvalue weighted by atomic mass is 16.5. The number of nitrogens with zero attached hydrogens (tertiary/aromatic N) is 5. The molecule has 7 heteroatoms. The second kappa shape index (κ2) is 8.21. The highest BCUT2D eigenvalue weighted by Crippen LogP contribution is 2.25. The minimum Gasteiger partial charge on any atom is -0.476 e. The van der Waals surface area contributed by atoms with Crippen molar-refractivity contribution in [3.8, 4) is 5.88 Å². The lowest BCUT2D eigenvalue weighted by Gasteiger charge is -2.10. The Labute approximate surface area is 163 Å². The van der Waals surface area contributed by atoms with Gasteiger partial charge in [-0.25, -0.2) is 4.98 Å². The van der Waals surface area contributed by atoms with Crippen LogP contribution in [0.5, 0.6) is 5.88 Å². The van der Waals surface area contributed by atoms with Crippen LogP contribution in [0.15, 0.2) is 42.9 Å². The topological polar surface area (TPSA) is 77.8 Å². The Hall–Kier alpha value is -3.22. The van der Waals surface area contributed by atoms with E-state index in [0.717, 1.165) is 48.0 Å². The summed E-state index contributed by atoms with van der Waals surface area (Å²) in [5, 5.41) is 4.33. The number of hydrogen-bond donors (Lipinski definition) is 1. The fourth-order valence-corrected chi connectivity index (χ4v) is 3.03. The van der Waals surface area contributed by atoms with Gasteiger partial charge in [-0.15, -0.1) is 0 Å². The summed E-state index contributed by atoms with van der Waals surface area (Å²) >= 11 is 0. The normalized spacial score (nSPS) is 11.2. The number of fused-ring (bicyclic) bond motifs is 2. The smallest absolute Gasteiger partial charge is 0.247 e. The Bertz CT molecular complexity index is 1090. The third-order valence-electron chi connectivity index (χ3n) is 4.47. The van der Waals surface area contributed by atoms with E-state index in [1.807, 2.05) is 36.7 Å². The Balaban J connectivity index is 1.71. The van der Waals surface area contributed by atoms with Gasteiger partial charge in [-0.2, -0.15) is 9.97 Å². The molecular weight excluding hydrogens is 352 g/mol. The van der Waals surface area contributed by atoms with E-state index in [1.165, 1.54) is 0 Å². The summed E-state index contributed by atoms with van der Waals surface area (Å²) in [6.45, 7) is 5.70.